The van der Waals surface area contributed by atoms with Gasteiger partial charge in [-0.05, 0) is 46.9 Å². The Balaban J connectivity index is 1.24. The van der Waals surface area contributed by atoms with Crippen molar-refractivity contribution in [1.29, 1.82) is 0 Å². The molecule has 1 aromatic heterocycles. The number of aliphatic hydroxyl groups excluding tert-OH is 1. The Morgan fingerprint density at radius 2 is 1.97 bits per heavy atom. The maximum atomic E-state index is 15.6. The molecule has 0 radical (unpaired) electrons. The van der Waals surface area contributed by atoms with Gasteiger partial charge in [0, 0.05) is 56.4 Å². The van der Waals surface area contributed by atoms with E-state index in [4.69, 9.17) is 5.73 Å². The molecule has 1 unspecified atom stereocenters. The van der Waals surface area contributed by atoms with Crippen LogP contribution in [0.15, 0.2) is 73.1 Å². The number of rotatable bonds is 6. The maximum Gasteiger partial charge on any atom is 0.183 e. The van der Waals surface area contributed by atoms with Crippen molar-refractivity contribution in [3.05, 3.63) is 107 Å². The highest BCUT2D eigenvalue weighted by molar-refractivity contribution is 5.97. The molecular weight excluding hydrogens is 493 g/mol. The van der Waals surface area contributed by atoms with Gasteiger partial charge in [0.25, 0.3) is 0 Å². The summed E-state index contributed by atoms with van der Waals surface area (Å²) in [5.41, 5.74) is 12.1. The quantitative estimate of drug-likeness (QED) is 0.351. The van der Waals surface area contributed by atoms with Crippen molar-refractivity contribution in [2.24, 2.45) is 5.73 Å². The van der Waals surface area contributed by atoms with Crippen molar-refractivity contribution in [2.75, 3.05) is 13.1 Å². The second kappa shape index (κ2) is 10.8. The van der Waals surface area contributed by atoms with Crippen LogP contribution in [0.25, 0.3) is 16.8 Å². The van der Waals surface area contributed by atoms with E-state index in [1.165, 1.54) is 0 Å². The van der Waals surface area contributed by atoms with Gasteiger partial charge >= 0.3 is 0 Å². The number of halogens is 1. The highest BCUT2D eigenvalue weighted by Gasteiger charge is 2.29. The summed E-state index contributed by atoms with van der Waals surface area (Å²) in [7, 11) is 0. The van der Waals surface area contributed by atoms with Crippen LogP contribution in [-0.4, -0.2) is 44.5 Å². The normalized spacial score (nSPS) is 19.7. The summed E-state index contributed by atoms with van der Waals surface area (Å²) in [5, 5.41) is 13.2. The second-order valence-electron chi connectivity index (χ2n) is 10.4. The molecule has 0 amide bonds. The maximum absolute atomic E-state index is 15.6. The van der Waals surface area contributed by atoms with E-state index in [1.54, 1.807) is 23.0 Å². The zero-order valence-electron chi connectivity index (χ0n) is 21.7. The molecule has 4 aromatic rings. The van der Waals surface area contributed by atoms with Gasteiger partial charge in [-0.1, -0.05) is 48.5 Å². The highest BCUT2D eigenvalue weighted by Crippen LogP contribution is 2.32. The molecule has 39 heavy (non-hydrogen) atoms. The number of fused-ring (bicyclic) bond motifs is 1. The standard InChI is InChI=1S/C31H32FN5O2/c32-27-13-21(25-7-2-1-5-22(25)17-36-11-10-24(38)18-36)8-9-26(27)28-14-30(39)31-29(16-34-28)35-19-37(31)23-6-3-4-20(12-23)15-33/h1-9,12-13,19,24,28,34,38H,10-11,14-18,33H2/t24-,28?/m1/s1. The molecule has 3 aromatic carbocycles. The summed E-state index contributed by atoms with van der Waals surface area (Å²) in [4.78, 5) is 20.2. The van der Waals surface area contributed by atoms with Gasteiger partial charge in [-0.2, -0.15) is 0 Å². The first-order valence-corrected chi connectivity index (χ1v) is 13.4. The first kappa shape index (κ1) is 25.6. The van der Waals surface area contributed by atoms with Crippen LogP contribution in [-0.2, 0) is 19.6 Å². The van der Waals surface area contributed by atoms with Crippen LogP contribution in [0.5, 0.6) is 0 Å². The Morgan fingerprint density at radius 1 is 1.10 bits per heavy atom. The van der Waals surface area contributed by atoms with E-state index in [1.807, 2.05) is 48.5 Å². The van der Waals surface area contributed by atoms with Crippen molar-refractivity contribution in [3.8, 4) is 16.8 Å². The fraction of sp³-hybridized carbons (Fsp3) is 0.290. The molecule has 3 heterocycles. The highest BCUT2D eigenvalue weighted by atomic mass is 19.1. The molecule has 200 valence electrons. The molecule has 4 N–H and O–H groups in total. The molecule has 1 saturated heterocycles. The molecule has 8 heteroatoms. The second-order valence-corrected chi connectivity index (χ2v) is 10.4. The van der Waals surface area contributed by atoms with Crippen LogP contribution < -0.4 is 11.1 Å². The topological polar surface area (TPSA) is 96.4 Å². The number of carbonyl (C=O) groups is 1. The number of hydrogen-bond acceptors (Lipinski definition) is 6. The lowest BCUT2D eigenvalue weighted by Gasteiger charge is -2.19. The predicted molar refractivity (Wildman–Crippen MR) is 148 cm³/mol. The number of β-amino-alcohol motifs (C(OH)–C–C–N with tert-alkyl or cyclic N) is 1. The first-order valence-electron chi connectivity index (χ1n) is 13.4. The molecule has 2 atom stereocenters. The summed E-state index contributed by atoms with van der Waals surface area (Å²) in [6, 6.07) is 20.5. The van der Waals surface area contributed by atoms with Crippen LogP contribution >= 0.6 is 0 Å². The van der Waals surface area contributed by atoms with Crippen molar-refractivity contribution >= 4 is 5.78 Å². The first-order chi connectivity index (χ1) is 19.0. The average molecular weight is 526 g/mol. The summed E-state index contributed by atoms with van der Waals surface area (Å²) >= 11 is 0. The third-order valence-electron chi connectivity index (χ3n) is 7.78. The molecule has 2 aliphatic rings. The van der Waals surface area contributed by atoms with E-state index in [0.29, 0.717) is 43.1 Å². The number of aliphatic hydroxyl groups is 1. The minimum atomic E-state index is -0.467. The number of imidazole rings is 1. The van der Waals surface area contributed by atoms with E-state index in [2.05, 4.69) is 21.3 Å². The van der Waals surface area contributed by atoms with Crippen LogP contribution in [0.3, 0.4) is 0 Å². The molecule has 7 nitrogen and oxygen atoms in total. The fourth-order valence-electron chi connectivity index (χ4n) is 5.75. The Morgan fingerprint density at radius 3 is 2.77 bits per heavy atom. The number of carbonyl (C=O) groups excluding carboxylic acids is 1. The summed E-state index contributed by atoms with van der Waals surface area (Å²) in [6.45, 7) is 2.98. The summed E-state index contributed by atoms with van der Waals surface area (Å²) < 4.78 is 17.4. The minimum Gasteiger partial charge on any atom is -0.392 e. The molecule has 0 saturated carbocycles. The van der Waals surface area contributed by atoms with E-state index in [-0.39, 0.29) is 24.1 Å². The van der Waals surface area contributed by atoms with Crippen molar-refractivity contribution in [2.45, 2.75) is 44.6 Å². The lowest BCUT2D eigenvalue weighted by molar-refractivity contribution is 0.0966. The SMILES string of the molecule is NCc1cccc(-n2cnc3c2C(=O)CC(c2ccc(-c4ccccc4CN4CC[C@@H](O)C4)cc2F)NC3)c1. The Kier molecular flexibility index (Phi) is 7.10. The molecular formula is C31H32FN5O2. The molecule has 6 rings (SSSR count). The molecule has 2 aliphatic heterocycles. The largest absolute Gasteiger partial charge is 0.392 e. The van der Waals surface area contributed by atoms with E-state index in [9.17, 15) is 9.90 Å². The zero-order chi connectivity index (χ0) is 26.9. The smallest absolute Gasteiger partial charge is 0.183 e. The van der Waals surface area contributed by atoms with E-state index < -0.39 is 6.04 Å². The van der Waals surface area contributed by atoms with E-state index in [0.717, 1.165) is 40.9 Å². The zero-order valence-corrected chi connectivity index (χ0v) is 21.7. The number of ketones is 1. The van der Waals surface area contributed by atoms with Crippen molar-refractivity contribution in [1.82, 2.24) is 19.8 Å². The predicted octanol–water partition coefficient (Wildman–Crippen LogP) is 4.12. The number of nitrogens with zero attached hydrogens (tertiary/aromatic N) is 3. The summed E-state index contributed by atoms with van der Waals surface area (Å²) in [6.07, 6.45) is 2.28. The number of aromatic nitrogens is 2. The van der Waals surface area contributed by atoms with Crippen molar-refractivity contribution in [3.63, 3.8) is 0 Å². The number of nitrogens with two attached hydrogens (primary N) is 1. The molecule has 0 bridgehead atoms. The molecule has 0 spiro atoms. The Bertz CT molecular complexity index is 1520. The van der Waals surface area contributed by atoms with Crippen LogP contribution in [0.2, 0.25) is 0 Å². The third kappa shape index (κ3) is 5.16. The van der Waals surface area contributed by atoms with Crippen LogP contribution in [0.1, 0.15) is 51.8 Å². The van der Waals surface area contributed by atoms with Crippen LogP contribution in [0.4, 0.5) is 4.39 Å². The minimum absolute atomic E-state index is 0.0859. The third-order valence-corrected chi connectivity index (χ3v) is 7.78. The van der Waals surface area contributed by atoms with Gasteiger partial charge in [0.1, 0.15) is 17.8 Å². The number of Topliss-reactive ketones (excluding diaryl/α,β-unsaturated/α-hetero) is 1. The van der Waals surface area contributed by atoms with E-state index >= 15 is 4.39 Å². The van der Waals surface area contributed by atoms with Crippen molar-refractivity contribution < 1.29 is 14.3 Å². The van der Waals surface area contributed by atoms with Gasteiger partial charge in [0.15, 0.2) is 5.78 Å². The van der Waals surface area contributed by atoms with Gasteiger partial charge in [-0.3, -0.25) is 14.3 Å². The van der Waals surface area contributed by atoms with Gasteiger partial charge < -0.3 is 16.2 Å². The monoisotopic (exact) mass is 525 g/mol. The Labute approximate surface area is 227 Å². The number of likely N-dealkylation sites (tertiary alicyclic amines) is 1. The number of benzene rings is 3. The van der Waals surface area contributed by atoms with Gasteiger partial charge in [-0.15, -0.1) is 0 Å². The van der Waals surface area contributed by atoms with Gasteiger partial charge in [-0.25, -0.2) is 9.37 Å². The number of nitrogens with one attached hydrogen (secondary N) is 1. The van der Waals surface area contributed by atoms with Gasteiger partial charge in [0.05, 0.1) is 11.8 Å². The van der Waals surface area contributed by atoms with Crippen LogP contribution in [0, 0.1) is 5.82 Å². The summed E-state index contributed by atoms with van der Waals surface area (Å²) in [5.74, 6) is -0.431. The Hall–Kier alpha value is -3.69. The fourth-order valence-corrected chi connectivity index (χ4v) is 5.75. The molecule has 1 fully saturated rings. The van der Waals surface area contributed by atoms with Gasteiger partial charge in [0.2, 0.25) is 0 Å². The molecule has 0 aliphatic carbocycles. The average Bonchev–Trinajstić information content (AvgIpc) is 3.53. The number of hydrogen-bond donors (Lipinski definition) is 3. The lowest BCUT2D eigenvalue weighted by atomic mass is 9.95. The lowest BCUT2D eigenvalue weighted by Crippen LogP contribution is -2.22.